The second-order valence-corrected chi connectivity index (χ2v) is 2.29. The Kier molecular flexibility index (Phi) is 3.28. The highest BCUT2D eigenvalue weighted by Crippen LogP contribution is 1.94. The Morgan fingerprint density at radius 1 is 1.75 bits per heavy atom. The van der Waals surface area contributed by atoms with E-state index in [9.17, 15) is 4.79 Å². The summed E-state index contributed by atoms with van der Waals surface area (Å²) in [6.07, 6.45) is 3.05. The Hall–Kier alpha value is -1.36. The van der Waals surface area contributed by atoms with Gasteiger partial charge in [0.05, 0.1) is 19.2 Å². The van der Waals surface area contributed by atoms with Gasteiger partial charge in [-0.05, 0) is 0 Å². The average molecular weight is 170 g/mol. The highest BCUT2D eigenvalue weighted by atomic mass is 16.4. The first-order valence-electron chi connectivity index (χ1n) is 3.59. The number of oxazole rings is 1. The molecule has 0 spiro atoms. The van der Waals surface area contributed by atoms with Gasteiger partial charge >= 0.3 is 5.97 Å². The Morgan fingerprint density at radius 3 is 3.17 bits per heavy atom. The van der Waals surface area contributed by atoms with Crippen molar-refractivity contribution in [3.8, 4) is 0 Å². The smallest absolute Gasteiger partial charge is 0.304 e. The molecule has 0 unspecified atom stereocenters. The van der Waals surface area contributed by atoms with Gasteiger partial charge < -0.3 is 14.8 Å². The highest BCUT2D eigenvalue weighted by molar-refractivity contribution is 5.66. The molecule has 5 nitrogen and oxygen atoms in total. The molecule has 1 heterocycles. The molecular formula is C7H10N2O3. The van der Waals surface area contributed by atoms with Gasteiger partial charge in [0.15, 0.2) is 6.39 Å². The molecule has 1 rings (SSSR count). The van der Waals surface area contributed by atoms with Crippen LogP contribution in [-0.4, -0.2) is 22.6 Å². The Balaban J connectivity index is 2.07. The molecule has 2 N–H and O–H groups in total. The van der Waals surface area contributed by atoms with Gasteiger partial charge in [0.2, 0.25) is 0 Å². The maximum Gasteiger partial charge on any atom is 0.304 e. The topological polar surface area (TPSA) is 75.4 Å². The SMILES string of the molecule is O=C(O)CCNCc1cnco1. The van der Waals surface area contributed by atoms with Gasteiger partial charge in [-0.15, -0.1) is 0 Å². The molecule has 0 aliphatic carbocycles. The summed E-state index contributed by atoms with van der Waals surface area (Å²) in [5.74, 6) is -0.0968. The van der Waals surface area contributed by atoms with E-state index >= 15 is 0 Å². The van der Waals surface area contributed by atoms with Gasteiger partial charge in [0.1, 0.15) is 5.76 Å². The Bertz CT molecular complexity index is 233. The third-order valence-electron chi connectivity index (χ3n) is 1.30. The number of nitrogens with one attached hydrogen (secondary N) is 1. The normalized spacial score (nSPS) is 10.0. The van der Waals surface area contributed by atoms with Crippen LogP contribution in [0, 0.1) is 0 Å². The summed E-state index contributed by atoms with van der Waals surface area (Å²) in [5.41, 5.74) is 0. The van der Waals surface area contributed by atoms with Crippen molar-refractivity contribution in [3.63, 3.8) is 0 Å². The van der Waals surface area contributed by atoms with Gasteiger partial charge in [-0.25, -0.2) is 4.98 Å². The van der Waals surface area contributed by atoms with Crippen molar-refractivity contribution in [1.82, 2.24) is 10.3 Å². The molecule has 0 radical (unpaired) electrons. The van der Waals surface area contributed by atoms with Gasteiger partial charge in [-0.1, -0.05) is 0 Å². The minimum Gasteiger partial charge on any atom is -0.481 e. The lowest BCUT2D eigenvalue weighted by molar-refractivity contribution is -0.136. The zero-order valence-electron chi connectivity index (χ0n) is 6.49. The van der Waals surface area contributed by atoms with Gasteiger partial charge in [0.25, 0.3) is 0 Å². The molecule has 66 valence electrons. The summed E-state index contributed by atoms with van der Waals surface area (Å²) in [4.78, 5) is 13.8. The van der Waals surface area contributed by atoms with E-state index < -0.39 is 5.97 Å². The fourth-order valence-corrected chi connectivity index (χ4v) is 0.736. The summed E-state index contributed by atoms with van der Waals surface area (Å²) >= 11 is 0. The summed E-state index contributed by atoms with van der Waals surface area (Å²) < 4.78 is 4.92. The molecule has 12 heavy (non-hydrogen) atoms. The van der Waals surface area contributed by atoms with E-state index in [1.807, 2.05) is 0 Å². The fourth-order valence-electron chi connectivity index (χ4n) is 0.736. The second-order valence-electron chi connectivity index (χ2n) is 2.29. The Labute approximate surface area is 69.4 Å². The standard InChI is InChI=1S/C7H10N2O3/c10-7(11)1-2-8-3-6-4-9-5-12-6/h4-5,8H,1-3H2,(H,10,11). The third kappa shape index (κ3) is 3.16. The van der Waals surface area contributed by atoms with Crippen LogP contribution in [0.15, 0.2) is 17.0 Å². The quantitative estimate of drug-likeness (QED) is 0.619. The lowest BCUT2D eigenvalue weighted by atomic mass is 10.4. The van der Waals surface area contributed by atoms with Crippen LogP contribution >= 0.6 is 0 Å². The largest absolute Gasteiger partial charge is 0.481 e. The third-order valence-corrected chi connectivity index (χ3v) is 1.30. The molecule has 0 aliphatic heterocycles. The van der Waals surface area contributed by atoms with E-state index in [2.05, 4.69) is 10.3 Å². The van der Waals surface area contributed by atoms with Gasteiger partial charge in [-0.3, -0.25) is 4.79 Å². The van der Waals surface area contributed by atoms with Crippen molar-refractivity contribution in [2.45, 2.75) is 13.0 Å². The van der Waals surface area contributed by atoms with Crippen LogP contribution in [0.5, 0.6) is 0 Å². The molecule has 0 bridgehead atoms. The maximum absolute atomic E-state index is 10.1. The highest BCUT2D eigenvalue weighted by Gasteiger charge is 1.97. The lowest BCUT2D eigenvalue weighted by Crippen LogP contribution is -2.17. The molecule has 1 aromatic heterocycles. The average Bonchev–Trinajstić information content (AvgIpc) is 2.49. The first-order chi connectivity index (χ1) is 5.79. The van der Waals surface area contributed by atoms with Crippen molar-refractivity contribution >= 4 is 5.97 Å². The van der Waals surface area contributed by atoms with Crippen LogP contribution < -0.4 is 5.32 Å². The van der Waals surface area contributed by atoms with E-state index in [4.69, 9.17) is 9.52 Å². The van der Waals surface area contributed by atoms with Gasteiger partial charge in [-0.2, -0.15) is 0 Å². The van der Waals surface area contributed by atoms with Crippen LogP contribution in [0.3, 0.4) is 0 Å². The van der Waals surface area contributed by atoms with Crippen molar-refractivity contribution in [2.24, 2.45) is 0 Å². The first kappa shape index (κ1) is 8.73. The molecule has 0 saturated carbocycles. The molecule has 0 saturated heterocycles. The molecule has 5 heteroatoms. The summed E-state index contributed by atoms with van der Waals surface area (Å²) in [7, 11) is 0. The zero-order chi connectivity index (χ0) is 8.81. The van der Waals surface area contributed by atoms with Crippen LogP contribution in [0.25, 0.3) is 0 Å². The van der Waals surface area contributed by atoms with E-state index in [1.54, 1.807) is 6.20 Å². The van der Waals surface area contributed by atoms with Crippen LogP contribution in [0.4, 0.5) is 0 Å². The van der Waals surface area contributed by atoms with Crippen molar-refractivity contribution in [3.05, 3.63) is 18.4 Å². The number of aliphatic carboxylic acids is 1. The van der Waals surface area contributed by atoms with Crippen LogP contribution in [-0.2, 0) is 11.3 Å². The monoisotopic (exact) mass is 170 g/mol. The van der Waals surface area contributed by atoms with Crippen molar-refractivity contribution < 1.29 is 14.3 Å². The van der Waals surface area contributed by atoms with Crippen LogP contribution in [0.2, 0.25) is 0 Å². The number of aromatic nitrogens is 1. The van der Waals surface area contributed by atoms with Crippen molar-refractivity contribution in [1.29, 1.82) is 0 Å². The molecular weight excluding hydrogens is 160 g/mol. The van der Waals surface area contributed by atoms with E-state index in [0.717, 1.165) is 0 Å². The maximum atomic E-state index is 10.1. The summed E-state index contributed by atoms with van der Waals surface area (Å²) in [6.45, 7) is 0.962. The number of carbonyl (C=O) groups is 1. The van der Waals surface area contributed by atoms with Gasteiger partial charge in [0, 0.05) is 6.54 Å². The number of rotatable bonds is 5. The number of nitrogens with zero attached hydrogens (tertiary/aromatic N) is 1. The van der Waals surface area contributed by atoms with E-state index in [0.29, 0.717) is 18.8 Å². The number of hydrogen-bond donors (Lipinski definition) is 2. The molecule has 0 aromatic carbocycles. The van der Waals surface area contributed by atoms with E-state index in [-0.39, 0.29) is 6.42 Å². The fraction of sp³-hybridized carbons (Fsp3) is 0.429. The second kappa shape index (κ2) is 4.50. The number of carboxylic acids is 1. The lowest BCUT2D eigenvalue weighted by Gasteiger charge is -1.97. The molecule has 0 amide bonds. The summed E-state index contributed by atoms with van der Waals surface area (Å²) in [6, 6.07) is 0. The van der Waals surface area contributed by atoms with Crippen molar-refractivity contribution in [2.75, 3.05) is 6.54 Å². The van der Waals surface area contributed by atoms with E-state index in [1.165, 1.54) is 6.39 Å². The minimum absolute atomic E-state index is 0.119. The Morgan fingerprint density at radius 2 is 2.58 bits per heavy atom. The molecule has 0 fully saturated rings. The number of hydrogen-bond acceptors (Lipinski definition) is 4. The predicted molar refractivity (Wildman–Crippen MR) is 40.5 cm³/mol. The molecule has 1 aromatic rings. The number of carboxylic acid groups (broad SMARTS) is 1. The van der Waals surface area contributed by atoms with Crippen LogP contribution in [0.1, 0.15) is 12.2 Å². The molecule has 0 aliphatic rings. The minimum atomic E-state index is -0.805. The predicted octanol–water partition coefficient (Wildman–Crippen LogP) is 0.239. The first-order valence-corrected chi connectivity index (χ1v) is 3.59. The summed E-state index contributed by atoms with van der Waals surface area (Å²) in [5, 5.41) is 11.2. The molecule has 0 atom stereocenters. The zero-order valence-corrected chi connectivity index (χ0v) is 6.49.